The number of Topliss-reactive ketones (excluding diaryl/α,β-unsaturated/α-hetero) is 1. The highest BCUT2D eigenvalue weighted by molar-refractivity contribution is 5.76. The van der Waals surface area contributed by atoms with Crippen LogP contribution in [0.25, 0.3) is 0 Å². The van der Waals surface area contributed by atoms with Crippen LogP contribution < -0.4 is 0 Å². The highest BCUT2D eigenvalue weighted by Crippen LogP contribution is 2.19. The SMILES string of the molecule is CC(=O)C[C@H](OO)c1ccccc1. The molecule has 13 heavy (non-hydrogen) atoms. The van der Waals surface area contributed by atoms with Crippen LogP contribution in [0.3, 0.4) is 0 Å². The highest BCUT2D eigenvalue weighted by Gasteiger charge is 2.13. The summed E-state index contributed by atoms with van der Waals surface area (Å²) in [6, 6.07) is 9.16. The fraction of sp³-hybridized carbons (Fsp3) is 0.300. The van der Waals surface area contributed by atoms with Gasteiger partial charge in [0.05, 0.1) is 0 Å². The van der Waals surface area contributed by atoms with E-state index in [-0.39, 0.29) is 12.2 Å². The van der Waals surface area contributed by atoms with Gasteiger partial charge < -0.3 is 0 Å². The van der Waals surface area contributed by atoms with E-state index in [9.17, 15) is 4.79 Å². The average molecular weight is 180 g/mol. The van der Waals surface area contributed by atoms with Gasteiger partial charge in [0.1, 0.15) is 11.9 Å². The third kappa shape index (κ3) is 2.97. The zero-order valence-corrected chi connectivity index (χ0v) is 7.43. The molecule has 1 aromatic rings. The number of rotatable bonds is 4. The van der Waals surface area contributed by atoms with Crippen LogP contribution in [-0.4, -0.2) is 11.0 Å². The number of carbonyl (C=O) groups is 1. The third-order valence-corrected chi connectivity index (χ3v) is 1.77. The first kappa shape index (κ1) is 9.89. The largest absolute Gasteiger partial charge is 0.300 e. The normalized spacial score (nSPS) is 12.5. The predicted molar refractivity (Wildman–Crippen MR) is 48.2 cm³/mol. The molecule has 3 nitrogen and oxygen atoms in total. The summed E-state index contributed by atoms with van der Waals surface area (Å²) < 4.78 is 0. The van der Waals surface area contributed by atoms with Crippen molar-refractivity contribution in [1.82, 2.24) is 0 Å². The molecule has 0 unspecified atom stereocenters. The molecule has 1 N–H and O–H groups in total. The van der Waals surface area contributed by atoms with Crippen molar-refractivity contribution in [3.8, 4) is 0 Å². The van der Waals surface area contributed by atoms with Crippen LogP contribution in [0.1, 0.15) is 25.0 Å². The van der Waals surface area contributed by atoms with Crippen molar-refractivity contribution in [3.05, 3.63) is 35.9 Å². The maximum Gasteiger partial charge on any atom is 0.132 e. The molecule has 0 aliphatic heterocycles. The highest BCUT2D eigenvalue weighted by atomic mass is 17.1. The van der Waals surface area contributed by atoms with E-state index in [0.29, 0.717) is 0 Å². The Hall–Kier alpha value is -1.19. The molecule has 0 aliphatic rings. The smallest absolute Gasteiger partial charge is 0.132 e. The number of benzene rings is 1. The summed E-state index contributed by atoms with van der Waals surface area (Å²) in [6.07, 6.45) is -0.348. The molecule has 1 rings (SSSR count). The number of hydrogen-bond donors (Lipinski definition) is 1. The first-order valence-electron chi connectivity index (χ1n) is 4.08. The number of hydrogen-bond acceptors (Lipinski definition) is 3. The Balaban J connectivity index is 2.73. The van der Waals surface area contributed by atoms with E-state index < -0.39 is 6.10 Å². The van der Waals surface area contributed by atoms with Gasteiger partial charge in [-0.3, -0.25) is 10.1 Å². The van der Waals surface area contributed by atoms with Crippen molar-refractivity contribution in [2.75, 3.05) is 0 Å². The monoisotopic (exact) mass is 180 g/mol. The number of ketones is 1. The Morgan fingerprint density at radius 1 is 1.46 bits per heavy atom. The summed E-state index contributed by atoms with van der Waals surface area (Å²) in [5.41, 5.74) is 0.806. The molecule has 70 valence electrons. The summed E-state index contributed by atoms with van der Waals surface area (Å²) in [6.45, 7) is 1.47. The lowest BCUT2D eigenvalue weighted by molar-refractivity contribution is -0.281. The van der Waals surface area contributed by atoms with Crippen molar-refractivity contribution in [2.24, 2.45) is 0 Å². The van der Waals surface area contributed by atoms with Crippen LogP contribution in [0, 0.1) is 0 Å². The summed E-state index contributed by atoms with van der Waals surface area (Å²) in [7, 11) is 0. The molecule has 1 atom stereocenters. The van der Waals surface area contributed by atoms with E-state index >= 15 is 0 Å². The van der Waals surface area contributed by atoms with E-state index in [4.69, 9.17) is 5.26 Å². The second-order valence-corrected chi connectivity index (χ2v) is 2.91. The van der Waals surface area contributed by atoms with E-state index in [1.807, 2.05) is 30.3 Å². The Morgan fingerprint density at radius 3 is 2.54 bits per heavy atom. The van der Waals surface area contributed by atoms with E-state index in [1.165, 1.54) is 6.92 Å². The molecule has 0 amide bonds. The van der Waals surface area contributed by atoms with Gasteiger partial charge in [-0.25, -0.2) is 4.89 Å². The first-order valence-corrected chi connectivity index (χ1v) is 4.08. The maximum absolute atomic E-state index is 10.8. The van der Waals surface area contributed by atoms with Gasteiger partial charge in [-0.15, -0.1) is 0 Å². The van der Waals surface area contributed by atoms with E-state index in [0.717, 1.165) is 5.56 Å². The quantitative estimate of drug-likeness (QED) is 0.570. The van der Waals surface area contributed by atoms with Crippen LogP contribution in [0.4, 0.5) is 0 Å². The lowest BCUT2D eigenvalue weighted by atomic mass is 10.1. The Kier molecular flexibility index (Phi) is 3.61. The molecule has 0 saturated heterocycles. The molecule has 1 aromatic carbocycles. The molecule has 0 aromatic heterocycles. The van der Waals surface area contributed by atoms with Gasteiger partial charge in [0.15, 0.2) is 0 Å². The van der Waals surface area contributed by atoms with Crippen LogP contribution >= 0.6 is 0 Å². The van der Waals surface area contributed by atoms with Gasteiger partial charge in [-0.2, -0.15) is 0 Å². The lowest BCUT2D eigenvalue weighted by Crippen LogP contribution is -2.06. The minimum atomic E-state index is -0.543. The average Bonchev–Trinajstić information content (AvgIpc) is 2.15. The van der Waals surface area contributed by atoms with Crippen LogP contribution in [0.15, 0.2) is 30.3 Å². The topological polar surface area (TPSA) is 46.5 Å². The molecular formula is C10H12O3. The molecule has 0 saturated carbocycles. The lowest BCUT2D eigenvalue weighted by Gasteiger charge is -2.11. The van der Waals surface area contributed by atoms with E-state index in [1.54, 1.807) is 0 Å². The second-order valence-electron chi connectivity index (χ2n) is 2.91. The van der Waals surface area contributed by atoms with Crippen molar-refractivity contribution in [3.63, 3.8) is 0 Å². The molecule has 0 spiro atoms. The zero-order valence-electron chi connectivity index (χ0n) is 7.43. The van der Waals surface area contributed by atoms with Crippen molar-refractivity contribution < 1.29 is 14.9 Å². The van der Waals surface area contributed by atoms with Gasteiger partial charge in [0, 0.05) is 6.42 Å². The van der Waals surface area contributed by atoms with Crippen molar-refractivity contribution in [1.29, 1.82) is 0 Å². The van der Waals surface area contributed by atoms with Crippen molar-refractivity contribution >= 4 is 5.78 Å². The summed E-state index contributed by atoms with van der Waals surface area (Å²) >= 11 is 0. The minimum Gasteiger partial charge on any atom is -0.300 e. The van der Waals surface area contributed by atoms with Gasteiger partial charge in [-0.1, -0.05) is 30.3 Å². The van der Waals surface area contributed by atoms with Crippen LogP contribution in [0.5, 0.6) is 0 Å². The molecular weight excluding hydrogens is 168 g/mol. The molecule has 0 heterocycles. The summed E-state index contributed by atoms with van der Waals surface area (Å²) in [5.74, 6) is -0.0112. The zero-order chi connectivity index (χ0) is 9.68. The molecule has 0 fully saturated rings. The van der Waals surface area contributed by atoms with Crippen molar-refractivity contribution in [2.45, 2.75) is 19.4 Å². The van der Waals surface area contributed by atoms with E-state index in [2.05, 4.69) is 4.89 Å². The summed E-state index contributed by atoms with van der Waals surface area (Å²) in [5, 5.41) is 8.58. The Labute approximate surface area is 76.9 Å². The summed E-state index contributed by atoms with van der Waals surface area (Å²) in [4.78, 5) is 15.0. The third-order valence-electron chi connectivity index (χ3n) is 1.77. The standard InChI is InChI=1S/C10H12O3/c1-8(11)7-10(13-12)9-5-3-2-4-6-9/h2-6,10,12H,7H2,1H3/t10-/m0/s1. The Morgan fingerprint density at radius 2 is 2.08 bits per heavy atom. The van der Waals surface area contributed by atoms with Gasteiger partial charge in [0.2, 0.25) is 0 Å². The fourth-order valence-electron chi connectivity index (χ4n) is 1.14. The predicted octanol–water partition coefficient (Wildman–Crippen LogP) is 2.20. The van der Waals surface area contributed by atoms with Gasteiger partial charge in [0.25, 0.3) is 0 Å². The second kappa shape index (κ2) is 4.74. The van der Waals surface area contributed by atoms with Gasteiger partial charge >= 0.3 is 0 Å². The molecule has 3 heteroatoms. The molecule has 0 aliphatic carbocycles. The van der Waals surface area contributed by atoms with Crippen LogP contribution in [-0.2, 0) is 9.68 Å². The fourth-order valence-corrected chi connectivity index (χ4v) is 1.14. The minimum absolute atomic E-state index is 0.0112. The number of carbonyl (C=O) groups excluding carboxylic acids is 1. The molecule has 0 radical (unpaired) electrons. The van der Waals surface area contributed by atoms with Crippen LogP contribution in [0.2, 0.25) is 0 Å². The Bertz CT molecular complexity index is 269. The van der Waals surface area contributed by atoms with Gasteiger partial charge in [-0.05, 0) is 12.5 Å². The maximum atomic E-state index is 10.8. The first-order chi connectivity index (χ1) is 6.24. The molecule has 0 bridgehead atoms.